The zero-order valence-corrected chi connectivity index (χ0v) is 9.52. The number of hydrogen-bond acceptors (Lipinski definition) is 2. The number of carbonyl (C=O) groups is 1. The van der Waals surface area contributed by atoms with E-state index in [1.165, 1.54) is 17.5 Å². The van der Waals surface area contributed by atoms with Crippen molar-refractivity contribution < 1.29 is 4.79 Å². The molecule has 0 aliphatic heterocycles. The van der Waals surface area contributed by atoms with Crippen LogP contribution in [0.3, 0.4) is 0 Å². The van der Waals surface area contributed by atoms with E-state index in [-0.39, 0.29) is 5.91 Å². The smallest absolute Gasteiger partial charge is 0.261 e. The Morgan fingerprint density at radius 1 is 1.29 bits per heavy atom. The predicted molar refractivity (Wildman–Crippen MR) is 61.5 cm³/mol. The molecule has 14 heavy (non-hydrogen) atoms. The number of benzene rings is 1. The topological polar surface area (TPSA) is 29.1 Å². The van der Waals surface area contributed by atoms with Gasteiger partial charge in [-0.1, -0.05) is 37.9 Å². The van der Waals surface area contributed by atoms with E-state index < -0.39 is 0 Å². The third-order valence-corrected chi connectivity index (χ3v) is 2.42. The monoisotopic (exact) mass is 209 g/mol. The van der Waals surface area contributed by atoms with Crippen LogP contribution in [0.5, 0.6) is 0 Å². The minimum absolute atomic E-state index is 0.0344. The standard InChI is InChI=1S/C11H15NOS/c1-8(2)9-4-6-10(7-5-9)11(13)12-14-3/h4-8H,1-3H3,(H,12,13). The van der Waals surface area contributed by atoms with E-state index in [9.17, 15) is 4.79 Å². The SMILES string of the molecule is CSNC(=O)c1ccc(C(C)C)cc1. The van der Waals surface area contributed by atoms with Crippen LogP contribution in [0.4, 0.5) is 0 Å². The quantitative estimate of drug-likeness (QED) is 0.776. The first kappa shape index (κ1) is 11.1. The first-order valence-corrected chi connectivity index (χ1v) is 5.81. The van der Waals surface area contributed by atoms with Crippen molar-refractivity contribution in [3.8, 4) is 0 Å². The first-order valence-electron chi connectivity index (χ1n) is 4.58. The molecule has 76 valence electrons. The summed E-state index contributed by atoms with van der Waals surface area (Å²) in [4.78, 5) is 11.4. The van der Waals surface area contributed by atoms with Gasteiger partial charge >= 0.3 is 0 Å². The van der Waals surface area contributed by atoms with E-state index in [0.717, 1.165) is 0 Å². The zero-order chi connectivity index (χ0) is 10.6. The third-order valence-electron chi connectivity index (χ3n) is 2.03. The molecule has 0 saturated heterocycles. The van der Waals surface area contributed by atoms with Crippen molar-refractivity contribution in [1.82, 2.24) is 4.72 Å². The van der Waals surface area contributed by atoms with Crippen molar-refractivity contribution in [2.45, 2.75) is 19.8 Å². The van der Waals surface area contributed by atoms with Gasteiger partial charge in [-0.2, -0.15) is 0 Å². The molecule has 0 spiro atoms. The van der Waals surface area contributed by atoms with Gasteiger partial charge in [0.05, 0.1) is 0 Å². The van der Waals surface area contributed by atoms with Crippen LogP contribution in [0.2, 0.25) is 0 Å². The van der Waals surface area contributed by atoms with Gasteiger partial charge < -0.3 is 0 Å². The van der Waals surface area contributed by atoms with Gasteiger partial charge in [0.15, 0.2) is 0 Å². The maximum Gasteiger partial charge on any atom is 0.261 e. The van der Waals surface area contributed by atoms with Crippen LogP contribution in [0.1, 0.15) is 35.7 Å². The Hall–Kier alpha value is -0.960. The Bertz CT molecular complexity index is 306. The van der Waals surface area contributed by atoms with Crippen molar-refractivity contribution >= 4 is 17.9 Å². The second kappa shape index (κ2) is 5.05. The maximum absolute atomic E-state index is 11.4. The third kappa shape index (κ3) is 2.77. The van der Waals surface area contributed by atoms with Crippen LogP contribution < -0.4 is 4.72 Å². The Kier molecular flexibility index (Phi) is 4.01. The van der Waals surface area contributed by atoms with Gasteiger partial charge in [-0.25, -0.2) is 0 Å². The Labute approximate surface area is 89.2 Å². The molecule has 0 radical (unpaired) electrons. The maximum atomic E-state index is 11.4. The fourth-order valence-corrected chi connectivity index (χ4v) is 1.47. The summed E-state index contributed by atoms with van der Waals surface area (Å²) in [5, 5.41) is 0. The summed E-state index contributed by atoms with van der Waals surface area (Å²) in [6, 6.07) is 7.72. The molecule has 0 aromatic heterocycles. The normalized spacial score (nSPS) is 10.3. The summed E-state index contributed by atoms with van der Waals surface area (Å²) in [6.07, 6.45) is 1.83. The molecule has 0 aliphatic rings. The predicted octanol–water partition coefficient (Wildman–Crippen LogP) is 2.82. The minimum Gasteiger partial charge on any atom is -0.296 e. The molecule has 0 bridgehead atoms. The molecule has 0 atom stereocenters. The molecule has 2 nitrogen and oxygen atoms in total. The highest BCUT2D eigenvalue weighted by Gasteiger charge is 2.04. The molecular formula is C11H15NOS. The van der Waals surface area contributed by atoms with Gasteiger partial charge in [0, 0.05) is 11.8 Å². The summed E-state index contributed by atoms with van der Waals surface area (Å²) >= 11 is 1.32. The average Bonchev–Trinajstić information content (AvgIpc) is 2.18. The van der Waals surface area contributed by atoms with E-state index in [2.05, 4.69) is 18.6 Å². The number of amides is 1. The Morgan fingerprint density at radius 2 is 1.86 bits per heavy atom. The number of hydrogen-bond donors (Lipinski definition) is 1. The zero-order valence-electron chi connectivity index (χ0n) is 8.70. The van der Waals surface area contributed by atoms with E-state index in [1.54, 1.807) is 0 Å². The average molecular weight is 209 g/mol. The molecule has 1 N–H and O–H groups in total. The minimum atomic E-state index is -0.0344. The van der Waals surface area contributed by atoms with E-state index in [4.69, 9.17) is 0 Å². The van der Waals surface area contributed by atoms with Crippen LogP contribution >= 0.6 is 11.9 Å². The summed E-state index contributed by atoms with van der Waals surface area (Å²) in [6.45, 7) is 4.27. The fourth-order valence-electron chi connectivity index (χ4n) is 1.17. The van der Waals surface area contributed by atoms with Crippen molar-refractivity contribution in [2.75, 3.05) is 6.26 Å². The lowest BCUT2D eigenvalue weighted by atomic mass is 10.0. The van der Waals surface area contributed by atoms with Crippen molar-refractivity contribution in [3.05, 3.63) is 35.4 Å². The van der Waals surface area contributed by atoms with Gasteiger partial charge in [0.1, 0.15) is 0 Å². The van der Waals surface area contributed by atoms with E-state index in [1.807, 2.05) is 30.5 Å². The Morgan fingerprint density at radius 3 is 2.29 bits per heavy atom. The molecule has 1 aromatic carbocycles. The molecule has 0 aliphatic carbocycles. The van der Waals surface area contributed by atoms with E-state index >= 15 is 0 Å². The van der Waals surface area contributed by atoms with Crippen molar-refractivity contribution in [1.29, 1.82) is 0 Å². The molecule has 0 heterocycles. The summed E-state index contributed by atoms with van der Waals surface area (Å²) in [5.41, 5.74) is 1.97. The van der Waals surface area contributed by atoms with Gasteiger partial charge in [0.2, 0.25) is 0 Å². The first-order chi connectivity index (χ1) is 6.65. The van der Waals surface area contributed by atoms with E-state index in [0.29, 0.717) is 11.5 Å². The van der Waals surface area contributed by atoms with Crippen molar-refractivity contribution in [2.24, 2.45) is 0 Å². The molecular weight excluding hydrogens is 194 g/mol. The van der Waals surface area contributed by atoms with Crippen molar-refractivity contribution in [3.63, 3.8) is 0 Å². The van der Waals surface area contributed by atoms with Gasteiger partial charge in [-0.15, -0.1) is 0 Å². The van der Waals surface area contributed by atoms with Crippen LogP contribution in [0.25, 0.3) is 0 Å². The molecule has 1 amide bonds. The molecule has 1 aromatic rings. The van der Waals surface area contributed by atoms with Crippen LogP contribution in [-0.4, -0.2) is 12.2 Å². The van der Waals surface area contributed by atoms with Gasteiger partial charge in [-0.3, -0.25) is 9.52 Å². The lowest BCUT2D eigenvalue weighted by molar-refractivity contribution is 0.0984. The Balaban J connectivity index is 2.78. The largest absolute Gasteiger partial charge is 0.296 e. The molecule has 0 saturated carbocycles. The van der Waals surface area contributed by atoms with Crippen LogP contribution in [-0.2, 0) is 0 Å². The molecule has 3 heteroatoms. The van der Waals surface area contributed by atoms with Gasteiger partial charge in [-0.05, 0) is 23.6 Å². The molecule has 0 fully saturated rings. The second-order valence-electron chi connectivity index (χ2n) is 3.41. The molecule has 0 unspecified atom stereocenters. The highest BCUT2D eigenvalue weighted by molar-refractivity contribution is 7.97. The summed E-state index contributed by atoms with van der Waals surface area (Å²) in [7, 11) is 0. The summed E-state index contributed by atoms with van der Waals surface area (Å²) < 4.78 is 2.69. The highest BCUT2D eigenvalue weighted by Crippen LogP contribution is 2.14. The number of carbonyl (C=O) groups excluding carboxylic acids is 1. The number of nitrogens with one attached hydrogen (secondary N) is 1. The highest BCUT2D eigenvalue weighted by atomic mass is 32.2. The molecule has 1 rings (SSSR count). The van der Waals surface area contributed by atoms with Crippen LogP contribution in [0.15, 0.2) is 24.3 Å². The van der Waals surface area contributed by atoms with Gasteiger partial charge in [0.25, 0.3) is 5.91 Å². The number of rotatable bonds is 3. The lowest BCUT2D eigenvalue weighted by Crippen LogP contribution is -2.14. The second-order valence-corrected chi connectivity index (χ2v) is 4.02. The fraction of sp³-hybridized carbons (Fsp3) is 0.364. The lowest BCUT2D eigenvalue weighted by Gasteiger charge is -2.06. The summed E-state index contributed by atoms with van der Waals surface area (Å²) in [5.74, 6) is 0.473. The van der Waals surface area contributed by atoms with Crippen LogP contribution in [0, 0.1) is 0 Å².